The van der Waals surface area contributed by atoms with Gasteiger partial charge in [-0.1, -0.05) is 13.8 Å². The third-order valence-electron chi connectivity index (χ3n) is 6.70. The molecule has 8 nitrogen and oxygen atoms in total. The lowest BCUT2D eigenvalue weighted by Gasteiger charge is -2.29. The van der Waals surface area contributed by atoms with Crippen molar-refractivity contribution in [1.82, 2.24) is 9.21 Å². The number of sulfonamides is 1. The summed E-state index contributed by atoms with van der Waals surface area (Å²) in [7, 11) is -2.25. The first-order valence-corrected chi connectivity index (χ1v) is 13.9. The molecule has 2 aliphatic heterocycles. The van der Waals surface area contributed by atoms with E-state index in [2.05, 4.69) is 24.1 Å². The molecule has 34 heavy (non-hydrogen) atoms. The number of carbonyl (C=O) groups is 2. The van der Waals surface area contributed by atoms with Crippen molar-refractivity contribution in [3.8, 4) is 0 Å². The first-order valence-electron chi connectivity index (χ1n) is 11.6. The molecular weight excluding hydrogens is 474 g/mol. The van der Waals surface area contributed by atoms with Crippen molar-refractivity contribution in [1.29, 1.82) is 0 Å². The fourth-order valence-corrected chi connectivity index (χ4v) is 7.20. The molecule has 0 saturated carbocycles. The van der Waals surface area contributed by atoms with Crippen LogP contribution >= 0.6 is 11.3 Å². The van der Waals surface area contributed by atoms with Gasteiger partial charge in [-0.2, -0.15) is 4.31 Å². The molecule has 2 aromatic rings. The van der Waals surface area contributed by atoms with Crippen molar-refractivity contribution < 1.29 is 22.7 Å². The maximum Gasteiger partial charge on any atom is 0.341 e. The molecule has 1 saturated heterocycles. The Hall–Kier alpha value is -2.27. The molecule has 4 rings (SSSR count). The van der Waals surface area contributed by atoms with E-state index in [-0.39, 0.29) is 4.90 Å². The number of rotatable bonds is 6. The Bertz CT molecular complexity index is 1170. The van der Waals surface area contributed by atoms with Crippen LogP contribution in [0.2, 0.25) is 0 Å². The van der Waals surface area contributed by atoms with E-state index in [0.29, 0.717) is 35.1 Å². The highest BCUT2D eigenvalue weighted by molar-refractivity contribution is 7.89. The number of hydrogen-bond acceptors (Lipinski definition) is 7. The number of thiophene rings is 1. The van der Waals surface area contributed by atoms with Gasteiger partial charge in [0.25, 0.3) is 5.91 Å². The Labute approximate surface area is 204 Å². The number of carbonyl (C=O) groups excluding carboxylic acids is 2. The van der Waals surface area contributed by atoms with Crippen LogP contribution in [0, 0.1) is 5.92 Å². The molecule has 1 fully saturated rings. The Morgan fingerprint density at radius 2 is 1.82 bits per heavy atom. The number of likely N-dealkylation sites (N-methyl/N-ethyl adjacent to an activating group) is 1. The van der Waals surface area contributed by atoms with Gasteiger partial charge in [0.05, 0.1) is 17.6 Å². The minimum Gasteiger partial charge on any atom is -0.465 e. The molecule has 0 atom stereocenters. The molecule has 10 heteroatoms. The van der Waals surface area contributed by atoms with Gasteiger partial charge < -0.3 is 10.1 Å². The van der Waals surface area contributed by atoms with Crippen LogP contribution in [-0.4, -0.2) is 62.8 Å². The lowest BCUT2D eigenvalue weighted by atomic mass is 10.0. The minimum absolute atomic E-state index is 0.181. The molecule has 0 unspecified atom stereocenters. The highest BCUT2D eigenvalue weighted by Crippen LogP contribution is 2.38. The summed E-state index contributed by atoms with van der Waals surface area (Å²) >= 11 is 1.40. The number of methoxy groups -OCH3 is 1. The van der Waals surface area contributed by atoms with Gasteiger partial charge in [0.15, 0.2) is 0 Å². The van der Waals surface area contributed by atoms with E-state index in [4.69, 9.17) is 4.74 Å². The monoisotopic (exact) mass is 505 g/mol. The fraction of sp³-hybridized carbons (Fsp3) is 0.500. The quantitative estimate of drug-likeness (QED) is 0.603. The average molecular weight is 506 g/mol. The van der Waals surface area contributed by atoms with Crippen molar-refractivity contribution in [2.24, 2.45) is 5.92 Å². The van der Waals surface area contributed by atoms with E-state index in [9.17, 15) is 18.0 Å². The largest absolute Gasteiger partial charge is 0.465 e. The molecule has 1 aromatic heterocycles. The fourth-order valence-electron chi connectivity index (χ4n) is 4.46. The predicted molar refractivity (Wildman–Crippen MR) is 132 cm³/mol. The average Bonchev–Trinajstić information content (AvgIpc) is 3.20. The molecule has 0 spiro atoms. The van der Waals surface area contributed by atoms with E-state index in [1.165, 1.54) is 47.0 Å². The van der Waals surface area contributed by atoms with E-state index in [1.807, 2.05) is 0 Å². The van der Waals surface area contributed by atoms with E-state index < -0.39 is 21.9 Å². The molecule has 3 heterocycles. The van der Waals surface area contributed by atoms with Crippen LogP contribution < -0.4 is 5.32 Å². The van der Waals surface area contributed by atoms with Crippen LogP contribution in [0.1, 0.15) is 57.8 Å². The number of nitrogens with one attached hydrogen (secondary N) is 1. The number of ether oxygens (including phenoxy) is 1. The summed E-state index contributed by atoms with van der Waals surface area (Å²) in [4.78, 5) is 29.0. The van der Waals surface area contributed by atoms with Gasteiger partial charge in [-0.15, -0.1) is 11.3 Å². The van der Waals surface area contributed by atoms with Crippen LogP contribution in [0.25, 0.3) is 0 Å². The number of benzene rings is 1. The Morgan fingerprint density at radius 1 is 1.15 bits per heavy atom. The summed E-state index contributed by atoms with van der Waals surface area (Å²) in [6.45, 7) is 7.76. The third-order valence-corrected chi connectivity index (χ3v) is 9.74. The number of piperidine rings is 1. The minimum atomic E-state index is -3.58. The van der Waals surface area contributed by atoms with E-state index in [1.54, 1.807) is 0 Å². The van der Waals surface area contributed by atoms with E-state index in [0.717, 1.165) is 49.3 Å². The van der Waals surface area contributed by atoms with Gasteiger partial charge in [-0.25, -0.2) is 13.2 Å². The van der Waals surface area contributed by atoms with Gasteiger partial charge in [0.2, 0.25) is 10.0 Å². The van der Waals surface area contributed by atoms with Crippen LogP contribution in [0.3, 0.4) is 0 Å². The summed E-state index contributed by atoms with van der Waals surface area (Å²) in [6.07, 6.45) is 2.42. The number of nitrogens with zero attached hydrogens (tertiary/aromatic N) is 2. The Kier molecular flexibility index (Phi) is 7.42. The van der Waals surface area contributed by atoms with Crippen molar-refractivity contribution in [2.45, 2.75) is 44.6 Å². The van der Waals surface area contributed by atoms with E-state index >= 15 is 0 Å². The lowest BCUT2D eigenvalue weighted by molar-refractivity contribution is 0.0600. The number of anilines is 1. The predicted octanol–water partition coefficient (Wildman–Crippen LogP) is 3.59. The number of esters is 1. The zero-order chi connectivity index (χ0) is 24.5. The lowest BCUT2D eigenvalue weighted by Crippen LogP contribution is -2.37. The number of hydrogen-bond donors (Lipinski definition) is 1. The molecule has 184 valence electrons. The molecular formula is C24H31N3O5S2. The second kappa shape index (κ2) is 10.2. The molecule has 1 N–H and O–H groups in total. The molecule has 0 radical (unpaired) electrons. The van der Waals surface area contributed by atoms with Crippen LogP contribution in [0.15, 0.2) is 29.2 Å². The van der Waals surface area contributed by atoms with Crippen LogP contribution in [0.4, 0.5) is 5.00 Å². The number of amides is 1. The second-order valence-corrected chi connectivity index (χ2v) is 11.9. The Morgan fingerprint density at radius 3 is 2.44 bits per heavy atom. The zero-order valence-electron chi connectivity index (χ0n) is 19.8. The van der Waals surface area contributed by atoms with Gasteiger partial charge in [0.1, 0.15) is 5.00 Å². The highest BCUT2D eigenvalue weighted by Gasteiger charge is 2.30. The molecule has 2 aliphatic rings. The van der Waals surface area contributed by atoms with Gasteiger partial charge in [0, 0.05) is 36.6 Å². The Balaban J connectivity index is 1.53. The van der Waals surface area contributed by atoms with Gasteiger partial charge in [-0.05, 0) is 61.6 Å². The number of fused-ring (bicyclic) bond motifs is 1. The summed E-state index contributed by atoms with van der Waals surface area (Å²) in [5.41, 5.74) is 1.68. The van der Waals surface area contributed by atoms with Crippen molar-refractivity contribution >= 4 is 38.2 Å². The SMILES string of the molecule is CCN1CCc2c(sc(NC(=O)c3ccc(S(=O)(=O)N4CCC(C)CC4)cc3)c2C(=O)OC)C1. The highest BCUT2D eigenvalue weighted by atomic mass is 32.2. The van der Waals surface area contributed by atoms with Gasteiger partial charge in [-0.3, -0.25) is 9.69 Å². The van der Waals surface area contributed by atoms with Crippen molar-refractivity contribution in [3.05, 3.63) is 45.8 Å². The van der Waals surface area contributed by atoms with Crippen LogP contribution in [0.5, 0.6) is 0 Å². The molecule has 0 aliphatic carbocycles. The first kappa shape index (κ1) is 24.8. The first-order chi connectivity index (χ1) is 16.2. The maximum atomic E-state index is 13.0. The molecule has 1 aromatic carbocycles. The third kappa shape index (κ3) is 4.91. The topological polar surface area (TPSA) is 96.0 Å². The van der Waals surface area contributed by atoms with Crippen molar-refractivity contribution in [2.75, 3.05) is 38.6 Å². The second-order valence-electron chi connectivity index (χ2n) is 8.88. The van der Waals surface area contributed by atoms with Crippen molar-refractivity contribution in [3.63, 3.8) is 0 Å². The standard InChI is InChI=1S/C24H31N3O5S2/c1-4-26-12-11-19-20(15-26)33-23(21(19)24(29)32-3)25-22(28)17-5-7-18(8-6-17)34(30,31)27-13-9-16(2)10-14-27/h5-8,16H,4,9-15H2,1-3H3,(H,25,28). The summed E-state index contributed by atoms with van der Waals surface area (Å²) in [5, 5.41) is 3.33. The smallest absolute Gasteiger partial charge is 0.341 e. The molecule has 0 bridgehead atoms. The zero-order valence-corrected chi connectivity index (χ0v) is 21.4. The summed E-state index contributed by atoms with van der Waals surface area (Å²) < 4.78 is 32.4. The summed E-state index contributed by atoms with van der Waals surface area (Å²) in [6, 6.07) is 5.97. The van der Waals surface area contributed by atoms with Crippen LogP contribution in [-0.2, 0) is 27.7 Å². The summed E-state index contributed by atoms with van der Waals surface area (Å²) in [5.74, 6) is -0.331. The van der Waals surface area contributed by atoms with Gasteiger partial charge >= 0.3 is 5.97 Å². The molecule has 1 amide bonds. The normalized spacial score (nSPS) is 17.9. The maximum absolute atomic E-state index is 13.0.